The Labute approximate surface area is 56.6 Å². The van der Waals surface area contributed by atoms with Gasteiger partial charge in [0, 0.05) is 21.9 Å². The molecule has 0 unspecified atom stereocenters. The maximum atomic E-state index is 9.67. The Hall–Kier alpha value is -0.900. The Bertz CT molecular complexity index is 189. The number of rotatable bonds is 2. The summed E-state index contributed by atoms with van der Waals surface area (Å²) < 4.78 is 2.64. The van der Waals surface area contributed by atoms with Gasteiger partial charge in [-0.2, -0.15) is 0 Å². The van der Waals surface area contributed by atoms with Crippen LogP contribution in [0.3, 0.4) is 0 Å². The van der Waals surface area contributed by atoms with E-state index in [1.807, 2.05) is 0 Å². The summed E-state index contributed by atoms with van der Waals surface area (Å²) in [7, 11) is 0. The molecular weight excluding hydrogens is 136 g/mol. The van der Waals surface area contributed by atoms with Crippen LogP contribution in [0, 0.1) is 4.91 Å². The van der Waals surface area contributed by atoms with Crippen LogP contribution in [-0.4, -0.2) is 4.98 Å². The number of aromatic nitrogens is 1. The van der Waals surface area contributed by atoms with Gasteiger partial charge in [0.2, 0.25) is 0 Å². The van der Waals surface area contributed by atoms with Gasteiger partial charge in [-0.25, -0.2) is 0 Å². The summed E-state index contributed by atoms with van der Waals surface area (Å²) in [5.74, 6) is 0. The average molecular weight is 140 g/mol. The fourth-order valence-electron chi connectivity index (χ4n) is 0.442. The van der Waals surface area contributed by atoms with Crippen LogP contribution in [0.25, 0.3) is 0 Å². The van der Waals surface area contributed by atoms with E-state index in [9.17, 15) is 4.91 Å². The lowest BCUT2D eigenvalue weighted by Crippen LogP contribution is -1.67. The van der Waals surface area contributed by atoms with Crippen LogP contribution in [-0.2, 0) is 0 Å². The van der Waals surface area contributed by atoms with E-state index in [4.69, 9.17) is 0 Å². The first kappa shape index (κ1) is 6.22. The lowest BCUT2D eigenvalue weighted by atomic mass is 10.5. The van der Waals surface area contributed by atoms with Crippen molar-refractivity contribution in [2.45, 2.75) is 4.90 Å². The topological polar surface area (TPSA) is 42.3 Å². The molecule has 0 bridgehead atoms. The fraction of sp³-hybridized carbons (Fsp3) is 0. The monoisotopic (exact) mass is 140 g/mol. The van der Waals surface area contributed by atoms with E-state index in [1.54, 1.807) is 24.5 Å². The normalized spacial score (nSPS) is 8.89. The zero-order valence-corrected chi connectivity index (χ0v) is 5.34. The number of hydrogen-bond donors (Lipinski definition) is 0. The minimum absolute atomic E-state index is 0.819. The Balaban J connectivity index is 2.72. The van der Waals surface area contributed by atoms with Gasteiger partial charge in [-0.3, -0.25) is 4.98 Å². The molecule has 4 heteroatoms. The van der Waals surface area contributed by atoms with Crippen molar-refractivity contribution in [1.29, 1.82) is 0 Å². The van der Waals surface area contributed by atoms with Crippen LogP contribution < -0.4 is 0 Å². The zero-order valence-electron chi connectivity index (χ0n) is 4.52. The number of pyridine rings is 1. The van der Waals surface area contributed by atoms with Crippen LogP contribution in [0.15, 0.2) is 34.0 Å². The van der Waals surface area contributed by atoms with Crippen LogP contribution in [0.1, 0.15) is 0 Å². The molecule has 46 valence electrons. The molecular formula is C5H4N2OS. The van der Waals surface area contributed by atoms with Crippen LogP contribution in [0.2, 0.25) is 0 Å². The first-order chi connectivity index (χ1) is 4.43. The van der Waals surface area contributed by atoms with Gasteiger partial charge in [-0.1, -0.05) is 0 Å². The van der Waals surface area contributed by atoms with E-state index in [2.05, 4.69) is 9.57 Å². The molecule has 0 saturated carbocycles. The highest BCUT2D eigenvalue weighted by Gasteiger charge is 1.87. The lowest BCUT2D eigenvalue weighted by molar-refractivity contribution is 1.26. The molecule has 0 spiro atoms. The van der Waals surface area contributed by atoms with Crippen LogP contribution in [0.4, 0.5) is 0 Å². The smallest absolute Gasteiger partial charge is 0.0571 e. The van der Waals surface area contributed by atoms with Gasteiger partial charge < -0.3 is 0 Å². The average Bonchev–Trinajstić information content (AvgIpc) is 1.91. The van der Waals surface area contributed by atoms with Gasteiger partial charge in [0.1, 0.15) is 0 Å². The second-order valence-electron chi connectivity index (χ2n) is 1.35. The van der Waals surface area contributed by atoms with Crippen molar-refractivity contribution in [2.75, 3.05) is 0 Å². The second kappa shape index (κ2) is 3.19. The molecule has 1 heterocycles. The van der Waals surface area contributed by atoms with Crippen molar-refractivity contribution in [2.24, 2.45) is 4.58 Å². The van der Waals surface area contributed by atoms with Crippen molar-refractivity contribution in [3.8, 4) is 0 Å². The quantitative estimate of drug-likeness (QED) is 0.465. The third kappa shape index (κ3) is 1.81. The van der Waals surface area contributed by atoms with Crippen molar-refractivity contribution in [1.82, 2.24) is 4.98 Å². The summed E-state index contributed by atoms with van der Waals surface area (Å²) in [6, 6.07) is 3.46. The maximum Gasteiger partial charge on any atom is 0.0571 e. The molecule has 0 atom stereocenters. The third-order valence-electron chi connectivity index (χ3n) is 0.792. The first-order valence-corrected chi connectivity index (χ1v) is 3.10. The molecule has 0 aliphatic heterocycles. The van der Waals surface area contributed by atoms with E-state index in [-0.39, 0.29) is 0 Å². The minimum atomic E-state index is 0.819. The molecule has 1 aromatic heterocycles. The second-order valence-corrected chi connectivity index (χ2v) is 2.15. The third-order valence-corrected chi connectivity index (χ3v) is 1.35. The van der Waals surface area contributed by atoms with Crippen molar-refractivity contribution in [3.05, 3.63) is 29.4 Å². The summed E-state index contributed by atoms with van der Waals surface area (Å²) in [4.78, 5) is 14.3. The van der Waals surface area contributed by atoms with Crippen molar-refractivity contribution in [3.63, 3.8) is 0 Å². The maximum absolute atomic E-state index is 9.67. The highest BCUT2D eigenvalue weighted by molar-refractivity contribution is 7.98. The van der Waals surface area contributed by atoms with E-state index in [0.29, 0.717) is 0 Å². The van der Waals surface area contributed by atoms with E-state index >= 15 is 0 Å². The summed E-state index contributed by atoms with van der Waals surface area (Å²) in [5.41, 5.74) is 0. The largest absolute Gasteiger partial charge is 0.265 e. The predicted octanol–water partition coefficient (Wildman–Crippen LogP) is 1.86. The fourth-order valence-corrected chi connectivity index (χ4v) is 0.772. The van der Waals surface area contributed by atoms with Crippen molar-refractivity contribution < 1.29 is 0 Å². The van der Waals surface area contributed by atoms with Crippen LogP contribution >= 0.6 is 11.9 Å². The highest BCUT2D eigenvalue weighted by Crippen LogP contribution is 2.15. The molecule has 0 amide bonds. The Kier molecular flexibility index (Phi) is 2.21. The molecule has 0 aliphatic carbocycles. The summed E-state index contributed by atoms with van der Waals surface area (Å²) >= 11 is 0.905. The SMILES string of the molecule is O=NSc1ccncc1. The molecule has 0 aromatic carbocycles. The lowest BCUT2D eigenvalue weighted by Gasteiger charge is -1.86. The van der Waals surface area contributed by atoms with E-state index < -0.39 is 0 Å². The number of hydrogen-bond acceptors (Lipinski definition) is 4. The molecule has 0 radical (unpaired) electrons. The van der Waals surface area contributed by atoms with E-state index in [1.165, 1.54) is 0 Å². The Morgan fingerprint density at radius 2 is 2.11 bits per heavy atom. The minimum Gasteiger partial charge on any atom is -0.265 e. The highest BCUT2D eigenvalue weighted by atomic mass is 32.2. The Morgan fingerprint density at radius 1 is 1.44 bits per heavy atom. The molecule has 0 aliphatic rings. The molecule has 9 heavy (non-hydrogen) atoms. The zero-order chi connectivity index (χ0) is 6.53. The van der Waals surface area contributed by atoms with Gasteiger partial charge >= 0.3 is 0 Å². The summed E-state index contributed by atoms with van der Waals surface area (Å²) in [6.07, 6.45) is 3.24. The number of nitroso groups, excluding NO2 is 1. The standard InChI is InChI=1S/C5H4N2OS/c8-7-9-5-1-3-6-4-2-5/h1-4H. The Morgan fingerprint density at radius 3 is 2.67 bits per heavy atom. The molecule has 0 N–H and O–H groups in total. The predicted molar refractivity (Wildman–Crippen MR) is 35.9 cm³/mol. The first-order valence-electron chi connectivity index (χ1n) is 2.33. The molecule has 1 rings (SSSR count). The van der Waals surface area contributed by atoms with Gasteiger partial charge in [0.05, 0.1) is 11.9 Å². The van der Waals surface area contributed by atoms with Gasteiger partial charge in [-0.05, 0) is 12.1 Å². The van der Waals surface area contributed by atoms with Gasteiger partial charge in [0.25, 0.3) is 0 Å². The summed E-state index contributed by atoms with van der Waals surface area (Å²) in [5, 5.41) is 0. The van der Waals surface area contributed by atoms with Crippen LogP contribution in [0.5, 0.6) is 0 Å². The molecule has 3 nitrogen and oxygen atoms in total. The van der Waals surface area contributed by atoms with Gasteiger partial charge in [-0.15, -0.1) is 4.91 Å². The molecule has 0 fully saturated rings. The number of nitrogens with zero attached hydrogens (tertiary/aromatic N) is 2. The molecule has 1 aromatic rings. The van der Waals surface area contributed by atoms with Gasteiger partial charge in [0.15, 0.2) is 0 Å². The van der Waals surface area contributed by atoms with Crippen molar-refractivity contribution >= 4 is 11.9 Å². The summed E-state index contributed by atoms with van der Waals surface area (Å²) in [6.45, 7) is 0. The molecule has 0 saturated heterocycles. The van der Waals surface area contributed by atoms with E-state index in [0.717, 1.165) is 16.8 Å².